The molecule has 0 heterocycles. The second kappa shape index (κ2) is 9.88. The average molecular weight is 475 g/mol. The average Bonchev–Trinajstić information content (AvgIpc) is 2.90. The van der Waals surface area contributed by atoms with Gasteiger partial charge in [0.2, 0.25) is 0 Å². The van der Waals surface area contributed by atoms with Crippen LogP contribution < -0.4 is 0 Å². The molecule has 0 unspecified atom stereocenters. The van der Waals surface area contributed by atoms with E-state index in [1.54, 1.807) is 48.5 Å². The number of benzene rings is 5. The van der Waals surface area contributed by atoms with Gasteiger partial charge in [0.1, 0.15) is 23.0 Å². The van der Waals surface area contributed by atoms with Crippen LogP contribution in [0.3, 0.4) is 0 Å². The van der Waals surface area contributed by atoms with Crippen molar-refractivity contribution in [3.63, 3.8) is 0 Å². The molecule has 4 N–H and O–H groups in total. The van der Waals surface area contributed by atoms with Crippen LogP contribution in [0, 0.1) is 0 Å². The highest BCUT2D eigenvalue weighted by Gasteiger charge is 2.20. The third-order valence-corrected chi connectivity index (χ3v) is 6.51. The van der Waals surface area contributed by atoms with Gasteiger partial charge in [0.25, 0.3) is 0 Å². The fourth-order valence-electron chi connectivity index (χ4n) is 4.70. The number of hydrogen-bond donors (Lipinski definition) is 4. The standard InChI is InChI=1S/C32H26O4/c33-27-13-5-23(6-14-27)31(24-7-15-28(34)16-8-24)21-1-2-22(4-3-21)32(25-9-17-29(35)18-10-25)26-11-19-30(36)20-12-26/h1-20,31-36H. The molecule has 5 rings (SSSR count). The smallest absolute Gasteiger partial charge is 0.115 e. The minimum Gasteiger partial charge on any atom is -0.508 e. The van der Waals surface area contributed by atoms with Crippen molar-refractivity contribution in [2.75, 3.05) is 0 Å². The van der Waals surface area contributed by atoms with Crippen LogP contribution in [0.5, 0.6) is 23.0 Å². The lowest BCUT2D eigenvalue weighted by Gasteiger charge is -2.22. The SMILES string of the molecule is Oc1ccc(C(c2ccc(O)cc2)c2ccc(C(c3ccc(O)cc3)c3ccc(O)cc3)cc2)cc1. The quantitative estimate of drug-likeness (QED) is 0.203. The Labute approximate surface area is 210 Å². The first kappa shape index (κ1) is 23.1. The first-order valence-corrected chi connectivity index (χ1v) is 11.7. The molecule has 4 heteroatoms. The molecule has 5 aromatic carbocycles. The summed E-state index contributed by atoms with van der Waals surface area (Å²) in [6, 6.07) is 37.2. The Morgan fingerprint density at radius 2 is 0.389 bits per heavy atom. The van der Waals surface area contributed by atoms with Crippen LogP contribution in [0.2, 0.25) is 0 Å². The lowest BCUT2D eigenvalue weighted by molar-refractivity contribution is 0.474. The molecule has 4 nitrogen and oxygen atoms in total. The maximum Gasteiger partial charge on any atom is 0.115 e. The van der Waals surface area contributed by atoms with E-state index in [4.69, 9.17) is 0 Å². The first-order valence-electron chi connectivity index (χ1n) is 11.7. The Balaban J connectivity index is 1.57. The molecule has 0 aromatic heterocycles. The van der Waals surface area contributed by atoms with Gasteiger partial charge in [-0.1, -0.05) is 72.8 Å². The molecule has 0 spiro atoms. The molecule has 0 radical (unpaired) electrons. The van der Waals surface area contributed by atoms with Crippen LogP contribution in [0.15, 0.2) is 121 Å². The molecule has 0 aliphatic carbocycles. The third-order valence-electron chi connectivity index (χ3n) is 6.51. The maximum atomic E-state index is 9.80. The molecule has 0 fully saturated rings. The third kappa shape index (κ3) is 4.89. The van der Waals surface area contributed by atoms with Crippen molar-refractivity contribution in [2.24, 2.45) is 0 Å². The van der Waals surface area contributed by atoms with E-state index >= 15 is 0 Å². The normalized spacial score (nSPS) is 11.2. The Hall–Kier alpha value is -4.70. The number of phenolic OH excluding ortho intramolecular Hbond substituents is 4. The molecule has 0 saturated carbocycles. The summed E-state index contributed by atoms with van der Waals surface area (Å²) in [6.45, 7) is 0. The second-order valence-electron chi connectivity index (χ2n) is 8.90. The zero-order valence-electron chi connectivity index (χ0n) is 19.5. The fourth-order valence-corrected chi connectivity index (χ4v) is 4.70. The monoisotopic (exact) mass is 474 g/mol. The Morgan fingerprint density at radius 1 is 0.250 bits per heavy atom. The lowest BCUT2D eigenvalue weighted by Crippen LogP contribution is -2.06. The Morgan fingerprint density at radius 3 is 0.556 bits per heavy atom. The van der Waals surface area contributed by atoms with Crippen molar-refractivity contribution in [1.29, 1.82) is 0 Å². The van der Waals surface area contributed by atoms with E-state index in [1.165, 1.54) is 0 Å². The van der Waals surface area contributed by atoms with Crippen LogP contribution >= 0.6 is 0 Å². The maximum absolute atomic E-state index is 9.80. The van der Waals surface area contributed by atoms with Gasteiger partial charge in [0.15, 0.2) is 0 Å². The molecule has 0 aliphatic heterocycles. The highest BCUT2D eigenvalue weighted by molar-refractivity contribution is 5.49. The zero-order valence-corrected chi connectivity index (χ0v) is 19.5. The largest absolute Gasteiger partial charge is 0.508 e. The van der Waals surface area contributed by atoms with E-state index < -0.39 is 0 Å². The second-order valence-corrected chi connectivity index (χ2v) is 8.90. The van der Waals surface area contributed by atoms with Crippen LogP contribution in [0.25, 0.3) is 0 Å². The van der Waals surface area contributed by atoms with Gasteiger partial charge in [-0.25, -0.2) is 0 Å². The summed E-state index contributed by atoms with van der Waals surface area (Å²) >= 11 is 0. The van der Waals surface area contributed by atoms with Crippen molar-refractivity contribution in [2.45, 2.75) is 11.8 Å². The van der Waals surface area contributed by atoms with Crippen LogP contribution in [-0.2, 0) is 0 Å². The minimum absolute atomic E-state index is 0.0824. The number of phenols is 4. The van der Waals surface area contributed by atoms with E-state index in [2.05, 4.69) is 24.3 Å². The summed E-state index contributed by atoms with van der Waals surface area (Å²) in [4.78, 5) is 0. The number of rotatable bonds is 6. The number of hydrogen-bond acceptors (Lipinski definition) is 4. The van der Waals surface area contributed by atoms with Gasteiger partial charge in [-0.15, -0.1) is 0 Å². The van der Waals surface area contributed by atoms with Gasteiger partial charge in [-0.2, -0.15) is 0 Å². The molecule has 0 bridgehead atoms. The van der Waals surface area contributed by atoms with Crippen LogP contribution in [-0.4, -0.2) is 20.4 Å². The topological polar surface area (TPSA) is 80.9 Å². The fraction of sp³-hybridized carbons (Fsp3) is 0.0625. The minimum atomic E-state index is -0.0824. The highest BCUT2D eigenvalue weighted by atomic mass is 16.3. The van der Waals surface area contributed by atoms with E-state index in [0.717, 1.165) is 33.4 Å². The molecular formula is C32H26O4. The predicted octanol–water partition coefficient (Wildman–Crippen LogP) is 6.87. The molecule has 0 aliphatic rings. The van der Waals surface area contributed by atoms with E-state index in [1.807, 2.05) is 48.5 Å². The van der Waals surface area contributed by atoms with Crippen molar-refractivity contribution in [3.05, 3.63) is 155 Å². The van der Waals surface area contributed by atoms with Crippen molar-refractivity contribution >= 4 is 0 Å². The van der Waals surface area contributed by atoms with Gasteiger partial charge < -0.3 is 20.4 Å². The molecule has 0 atom stereocenters. The molecule has 0 amide bonds. The Kier molecular flexibility index (Phi) is 6.33. The summed E-state index contributed by atoms with van der Waals surface area (Å²) in [6.07, 6.45) is 0. The van der Waals surface area contributed by atoms with Gasteiger partial charge in [0, 0.05) is 11.8 Å². The van der Waals surface area contributed by atoms with Gasteiger partial charge in [-0.05, 0) is 81.9 Å². The lowest BCUT2D eigenvalue weighted by atomic mass is 9.81. The van der Waals surface area contributed by atoms with Crippen molar-refractivity contribution in [3.8, 4) is 23.0 Å². The predicted molar refractivity (Wildman–Crippen MR) is 141 cm³/mol. The van der Waals surface area contributed by atoms with Crippen molar-refractivity contribution < 1.29 is 20.4 Å². The molecular weight excluding hydrogens is 448 g/mol. The summed E-state index contributed by atoms with van der Waals surface area (Å²) in [5.41, 5.74) is 6.26. The first-order chi connectivity index (χ1) is 17.5. The summed E-state index contributed by atoms with van der Waals surface area (Å²) in [7, 11) is 0. The van der Waals surface area contributed by atoms with Gasteiger partial charge in [0.05, 0.1) is 0 Å². The zero-order chi connectivity index (χ0) is 25.1. The van der Waals surface area contributed by atoms with Crippen LogP contribution in [0.1, 0.15) is 45.2 Å². The van der Waals surface area contributed by atoms with E-state index in [0.29, 0.717) is 0 Å². The summed E-state index contributed by atoms with van der Waals surface area (Å²) < 4.78 is 0. The van der Waals surface area contributed by atoms with Gasteiger partial charge in [-0.3, -0.25) is 0 Å². The number of aromatic hydroxyl groups is 4. The van der Waals surface area contributed by atoms with Gasteiger partial charge >= 0.3 is 0 Å². The Bertz CT molecular complexity index is 1220. The summed E-state index contributed by atoms with van der Waals surface area (Å²) in [5, 5.41) is 39.2. The molecule has 36 heavy (non-hydrogen) atoms. The van der Waals surface area contributed by atoms with E-state index in [9.17, 15) is 20.4 Å². The molecule has 5 aromatic rings. The van der Waals surface area contributed by atoms with Crippen LogP contribution in [0.4, 0.5) is 0 Å². The van der Waals surface area contributed by atoms with E-state index in [-0.39, 0.29) is 34.8 Å². The molecule has 178 valence electrons. The highest BCUT2D eigenvalue weighted by Crippen LogP contribution is 2.37. The van der Waals surface area contributed by atoms with Crippen molar-refractivity contribution in [1.82, 2.24) is 0 Å². The summed E-state index contributed by atoms with van der Waals surface area (Å²) in [5.74, 6) is 0.684. The molecule has 0 saturated heterocycles.